The summed E-state index contributed by atoms with van der Waals surface area (Å²) in [5.74, 6) is 0. The van der Waals surface area contributed by atoms with E-state index in [1.54, 1.807) is 0 Å². The average Bonchev–Trinajstić information content (AvgIpc) is 2.61. The second kappa shape index (κ2) is 8.46. The zero-order valence-electron chi connectivity index (χ0n) is 14.1. The monoisotopic (exact) mass is 447 g/mol. The van der Waals surface area contributed by atoms with Crippen LogP contribution in [0.4, 0.5) is 0 Å². The molecule has 2 aromatic rings. The van der Waals surface area contributed by atoms with Crippen LogP contribution in [-0.4, -0.2) is 24.5 Å². The van der Waals surface area contributed by atoms with Gasteiger partial charge in [0.15, 0.2) is 0 Å². The first-order chi connectivity index (χ1) is 11.6. The SMILES string of the molecule is C/C(=C/CN1CCCCC1)c1ccc(-c2ccc(Br)cc2Br)cc1. The summed E-state index contributed by atoms with van der Waals surface area (Å²) >= 11 is 7.16. The lowest BCUT2D eigenvalue weighted by Gasteiger charge is -2.25. The van der Waals surface area contributed by atoms with Crippen molar-refractivity contribution in [3.8, 4) is 11.1 Å². The molecule has 0 N–H and O–H groups in total. The molecule has 0 atom stereocenters. The van der Waals surface area contributed by atoms with Crippen LogP contribution in [0.1, 0.15) is 31.7 Å². The van der Waals surface area contributed by atoms with E-state index in [-0.39, 0.29) is 0 Å². The molecule has 0 aliphatic carbocycles. The van der Waals surface area contributed by atoms with Crippen LogP contribution in [-0.2, 0) is 0 Å². The zero-order valence-corrected chi connectivity index (χ0v) is 17.2. The fourth-order valence-corrected chi connectivity index (χ4v) is 4.44. The normalized spacial score (nSPS) is 16.4. The molecule has 0 radical (unpaired) electrons. The first-order valence-electron chi connectivity index (χ1n) is 8.58. The zero-order chi connectivity index (χ0) is 16.9. The quantitative estimate of drug-likeness (QED) is 0.498. The average molecular weight is 449 g/mol. The van der Waals surface area contributed by atoms with Crippen molar-refractivity contribution in [1.82, 2.24) is 4.90 Å². The number of piperidine rings is 1. The summed E-state index contributed by atoms with van der Waals surface area (Å²) in [6.45, 7) is 5.79. The Morgan fingerprint density at radius 3 is 2.38 bits per heavy atom. The summed E-state index contributed by atoms with van der Waals surface area (Å²) in [7, 11) is 0. The predicted octanol–water partition coefficient (Wildman–Crippen LogP) is 6.77. The molecule has 0 bridgehead atoms. The minimum Gasteiger partial charge on any atom is -0.300 e. The summed E-state index contributed by atoms with van der Waals surface area (Å²) in [6, 6.07) is 15.2. The molecule has 3 heteroatoms. The van der Waals surface area contributed by atoms with Gasteiger partial charge in [-0.2, -0.15) is 0 Å². The Balaban J connectivity index is 1.71. The molecular weight excluding hydrogens is 426 g/mol. The Bertz CT molecular complexity index is 713. The summed E-state index contributed by atoms with van der Waals surface area (Å²) in [4.78, 5) is 2.56. The molecule has 1 aliphatic heterocycles. The van der Waals surface area contributed by atoms with Crippen molar-refractivity contribution < 1.29 is 0 Å². The van der Waals surface area contributed by atoms with E-state index in [4.69, 9.17) is 0 Å². The van der Waals surface area contributed by atoms with Crippen molar-refractivity contribution in [2.45, 2.75) is 26.2 Å². The number of hydrogen-bond donors (Lipinski definition) is 0. The number of allylic oxidation sites excluding steroid dienone is 1. The van der Waals surface area contributed by atoms with Crippen LogP contribution >= 0.6 is 31.9 Å². The number of benzene rings is 2. The number of nitrogens with zero attached hydrogens (tertiary/aromatic N) is 1. The molecule has 1 nitrogen and oxygen atoms in total. The maximum atomic E-state index is 3.65. The maximum absolute atomic E-state index is 3.65. The van der Waals surface area contributed by atoms with Crippen molar-refractivity contribution in [2.75, 3.05) is 19.6 Å². The standard InChI is InChI=1S/C21H23Br2N/c1-16(11-14-24-12-3-2-4-13-24)17-5-7-18(8-6-17)20-10-9-19(22)15-21(20)23/h5-11,15H,2-4,12-14H2,1H3/b16-11-. The Labute approximate surface area is 162 Å². The molecule has 1 heterocycles. The van der Waals surface area contributed by atoms with Crippen molar-refractivity contribution >= 4 is 37.4 Å². The lowest BCUT2D eigenvalue weighted by Crippen LogP contribution is -2.29. The Morgan fingerprint density at radius 2 is 1.71 bits per heavy atom. The molecule has 3 rings (SSSR count). The van der Waals surface area contributed by atoms with Gasteiger partial charge in [0, 0.05) is 15.5 Å². The van der Waals surface area contributed by atoms with E-state index in [1.165, 1.54) is 54.6 Å². The molecule has 0 amide bonds. The van der Waals surface area contributed by atoms with E-state index in [9.17, 15) is 0 Å². The Kier molecular flexibility index (Phi) is 6.31. The lowest BCUT2D eigenvalue weighted by molar-refractivity contribution is 0.251. The number of likely N-dealkylation sites (tertiary alicyclic amines) is 1. The number of rotatable bonds is 4. The molecule has 2 aromatic carbocycles. The summed E-state index contributed by atoms with van der Waals surface area (Å²) in [5.41, 5.74) is 5.13. The van der Waals surface area contributed by atoms with Gasteiger partial charge in [-0.3, -0.25) is 4.90 Å². The number of halogens is 2. The molecule has 0 saturated carbocycles. The fourth-order valence-electron chi connectivity index (χ4n) is 3.16. The van der Waals surface area contributed by atoms with E-state index >= 15 is 0 Å². The van der Waals surface area contributed by atoms with Gasteiger partial charge in [-0.25, -0.2) is 0 Å². The van der Waals surface area contributed by atoms with E-state index in [0.717, 1.165) is 15.5 Å². The minimum absolute atomic E-state index is 1.08. The van der Waals surface area contributed by atoms with Gasteiger partial charge in [0.1, 0.15) is 0 Å². The van der Waals surface area contributed by atoms with Gasteiger partial charge < -0.3 is 0 Å². The lowest BCUT2D eigenvalue weighted by atomic mass is 10.0. The van der Waals surface area contributed by atoms with Crippen LogP contribution in [0.3, 0.4) is 0 Å². The highest BCUT2D eigenvalue weighted by Gasteiger charge is 2.08. The third-order valence-electron chi connectivity index (χ3n) is 4.69. The maximum Gasteiger partial charge on any atom is 0.0264 e. The van der Waals surface area contributed by atoms with Crippen LogP contribution in [0.15, 0.2) is 57.5 Å². The van der Waals surface area contributed by atoms with E-state index < -0.39 is 0 Å². The molecule has 1 saturated heterocycles. The minimum atomic E-state index is 1.08. The molecule has 0 aromatic heterocycles. The smallest absolute Gasteiger partial charge is 0.0264 e. The first-order valence-corrected chi connectivity index (χ1v) is 10.2. The van der Waals surface area contributed by atoms with Crippen molar-refractivity contribution in [2.24, 2.45) is 0 Å². The second-order valence-corrected chi connectivity index (χ2v) is 8.22. The third-order valence-corrected chi connectivity index (χ3v) is 5.84. The van der Waals surface area contributed by atoms with Crippen LogP contribution in [0.2, 0.25) is 0 Å². The summed E-state index contributed by atoms with van der Waals surface area (Å²) < 4.78 is 2.20. The molecule has 1 aliphatic rings. The predicted molar refractivity (Wildman–Crippen MR) is 111 cm³/mol. The molecule has 0 spiro atoms. The van der Waals surface area contributed by atoms with Crippen molar-refractivity contribution in [3.63, 3.8) is 0 Å². The van der Waals surface area contributed by atoms with Gasteiger partial charge in [-0.15, -0.1) is 0 Å². The van der Waals surface area contributed by atoms with Crippen molar-refractivity contribution in [3.05, 3.63) is 63.0 Å². The molecule has 126 valence electrons. The topological polar surface area (TPSA) is 3.24 Å². The van der Waals surface area contributed by atoms with Crippen molar-refractivity contribution in [1.29, 1.82) is 0 Å². The molecular formula is C21H23Br2N. The molecule has 24 heavy (non-hydrogen) atoms. The first kappa shape index (κ1) is 17.9. The highest BCUT2D eigenvalue weighted by atomic mass is 79.9. The van der Waals surface area contributed by atoms with Crippen LogP contribution in [0, 0.1) is 0 Å². The van der Waals surface area contributed by atoms with E-state index in [0.29, 0.717) is 0 Å². The van der Waals surface area contributed by atoms with Gasteiger partial charge in [-0.1, -0.05) is 74.7 Å². The van der Waals surface area contributed by atoms with Crippen LogP contribution in [0.5, 0.6) is 0 Å². The third kappa shape index (κ3) is 4.59. The van der Waals surface area contributed by atoms with Crippen LogP contribution in [0.25, 0.3) is 16.7 Å². The van der Waals surface area contributed by atoms with Gasteiger partial charge in [0.25, 0.3) is 0 Å². The summed E-state index contributed by atoms with van der Waals surface area (Å²) in [6.07, 6.45) is 6.47. The van der Waals surface area contributed by atoms with Gasteiger partial charge in [0.2, 0.25) is 0 Å². The Morgan fingerprint density at radius 1 is 1.00 bits per heavy atom. The van der Waals surface area contributed by atoms with Crippen LogP contribution < -0.4 is 0 Å². The molecule has 1 fully saturated rings. The van der Waals surface area contributed by atoms with E-state index in [2.05, 4.69) is 92.2 Å². The second-order valence-electron chi connectivity index (χ2n) is 6.45. The highest BCUT2D eigenvalue weighted by Crippen LogP contribution is 2.31. The Hall–Kier alpha value is -0.900. The van der Waals surface area contributed by atoms with E-state index in [1.807, 2.05) is 0 Å². The summed E-state index contributed by atoms with van der Waals surface area (Å²) in [5, 5.41) is 0. The highest BCUT2D eigenvalue weighted by molar-refractivity contribution is 9.11. The number of hydrogen-bond acceptors (Lipinski definition) is 1. The van der Waals surface area contributed by atoms with Gasteiger partial charge in [0.05, 0.1) is 0 Å². The largest absolute Gasteiger partial charge is 0.300 e. The molecule has 0 unspecified atom stereocenters. The fraction of sp³-hybridized carbons (Fsp3) is 0.333. The van der Waals surface area contributed by atoms with Gasteiger partial charge >= 0.3 is 0 Å². The van der Waals surface area contributed by atoms with Gasteiger partial charge in [-0.05, 0) is 67.3 Å².